The van der Waals surface area contributed by atoms with Crippen LogP contribution in [0.2, 0.25) is 0 Å². The first-order chi connectivity index (χ1) is 7.83. The summed E-state index contributed by atoms with van der Waals surface area (Å²) in [6.45, 7) is 1.06. The van der Waals surface area contributed by atoms with E-state index in [1.807, 2.05) is 0 Å². The summed E-state index contributed by atoms with van der Waals surface area (Å²) < 4.78 is 0. The first-order valence-electron chi connectivity index (χ1n) is 6.52. The molecule has 94 valence electrons. The Morgan fingerprint density at radius 2 is 1.88 bits per heavy atom. The summed E-state index contributed by atoms with van der Waals surface area (Å²) in [6.07, 6.45) is 11.0. The molecule has 0 aromatic rings. The maximum Gasteiger partial charge on any atom is 0.139 e. The Bertz CT molecular complexity index is 198. The molecule has 1 rings (SSSR count). The number of nitrogens with zero attached hydrogens (tertiary/aromatic N) is 1. The highest BCUT2D eigenvalue weighted by Gasteiger charge is 2.10. The number of hydrogen-bond donors (Lipinski definition) is 3. The third-order valence-electron chi connectivity index (χ3n) is 3.28. The minimum absolute atomic E-state index is 0.342. The predicted octanol–water partition coefficient (Wildman–Crippen LogP) is 2.22. The van der Waals surface area contributed by atoms with Gasteiger partial charge >= 0.3 is 0 Å². The molecule has 1 saturated carbocycles. The van der Waals surface area contributed by atoms with Gasteiger partial charge in [-0.05, 0) is 32.2 Å². The van der Waals surface area contributed by atoms with Gasteiger partial charge < -0.3 is 16.3 Å². The SMILES string of the molecule is NC(CCCCNC1CCCCCC1)=NO. The summed E-state index contributed by atoms with van der Waals surface area (Å²) in [5.41, 5.74) is 5.40. The second kappa shape index (κ2) is 8.39. The molecule has 1 aliphatic carbocycles. The van der Waals surface area contributed by atoms with Gasteiger partial charge in [-0.2, -0.15) is 0 Å². The fourth-order valence-corrected chi connectivity index (χ4v) is 2.27. The largest absolute Gasteiger partial charge is 0.409 e. The molecule has 4 N–H and O–H groups in total. The predicted molar refractivity (Wildman–Crippen MR) is 66.8 cm³/mol. The van der Waals surface area contributed by atoms with Crippen LogP contribution in [-0.4, -0.2) is 23.6 Å². The Morgan fingerprint density at radius 3 is 2.50 bits per heavy atom. The van der Waals surface area contributed by atoms with E-state index in [9.17, 15) is 0 Å². The molecule has 0 radical (unpaired) electrons. The maximum absolute atomic E-state index is 8.37. The fourth-order valence-electron chi connectivity index (χ4n) is 2.27. The first-order valence-corrected chi connectivity index (χ1v) is 6.52. The van der Waals surface area contributed by atoms with Crippen molar-refractivity contribution in [1.82, 2.24) is 5.32 Å². The first kappa shape index (κ1) is 13.3. The zero-order chi connectivity index (χ0) is 11.6. The van der Waals surface area contributed by atoms with Crippen LogP contribution in [0.5, 0.6) is 0 Å². The molecule has 0 bridgehead atoms. The van der Waals surface area contributed by atoms with E-state index in [1.54, 1.807) is 0 Å². The van der Waals surface area contributed by atoms with Gasteiger partial charge in [0.25, 0.3) is 0 Å². The quantitative estimate of drug-likeness (QED) is 0.163. The van der Waals surface area contributed by atoms with Gasteiger partial charge in [-0.3, -0.25) is 0 Å². The summed E-state index contributed by atoms with van der Waals surface area (Å²) >= 11 is 0. The summed E-state index contributed by atoms with van der Waals surface area (Å²) in [7, 11) is 0. The molecule has 0 unspecified atom stereocenters. The van der Waals surface area contributed by atoms with Crippen LogP contribution < -0.4 is 11.1 Å². The molecule has 0 heterocycles. The Hall–Kier alpha value is -0.770. The van der Waals surface area contributed by atoms with E-state index < -0.39 is 0 Å². The standard InChI is InChI=1S/C12H25N3O/c13-12(15-16)9-5-6-10-14-11-7-3-1-2-4-8-11/h11,14,16H,1-10H2,(H2,13,15). The molecule has 0 aromatic carbocycles. The zero-order valence-corrected chi connectivity index (χ0v) is 10.1. The van der Waals surface area contributed by atoms with Gasteiger partial charge in [-0.15, -0.1) is 0 Å². The number of nitrogens with two attached hydrogens (primary N) is 1. The molecule has 1 aliphatic rings. The highest BCUT2D eigenvalue weighted by molar-refractivity contribution is 5.79. The van der Waals surface area contributed by atoms with E-state index in [0.717, 1.165) is 25.4 Å². The average Bonchev–Trinajstić information content (AvgIpc) is 2.57. The van der Waals surface area contributed by atoms with Gasteiger partial charge in [0.2, 0.25) is 0 Å². The number of unbranched alkanes of at least 4 members (excludes halogenated alkanes) is 1. The van der Waals surface area contributed by atoms with Crippen molar-refractivity contribution < 1.29 is 5.21 Å². The number of amidine groups is 1. The highest BCUT2D eigenvalue weighted by atomic mass is 16.4. The van der Waals surface area contributed by atoms with E-state index >= 15 is 0 Å². The molecule has 0 spiro atoms. The second-order valence-electron chi connectivity index (χ2n) is 4.69. The summed E-state index contributed by atoms with van der Waals surface area (Å²) in [4.78, 5) is 0. The fraction of sp³-hybridized carbons (Fsp3) is 0.917. The van der Waals surface area contributed by atoms with E-state index in [2.05, 4.69) is 10.5 Å². The molecule has 0 saturated heterocycles. The van der Waals surface area contributed by atoms with Crippen molar-refractivity contribution >= 4 is 5.84 Å². The molecular formula is C12H25N3O. The van der Waals surface area contributed by atoms with Crippen molar-refractivity contribution in [2.24, 2.45) is 10.9 Å². The third kappa shape index (κ3) is 5.95. The summed E-state index contributed by atoms with van der Waals surface area (Å²) in [5.74, 6) is 0.342. The van der Waals surface area contributed by atoms with Crippen LogP contribution in [0.25, 0.3) is 0 Å². The van der Waals surface area contributed by atoms with Crippen molar-refractivity contribution in [3.05, 3.63) is 0 Å². The number of nitrogens with one attached hydrogen (secondary N) is 1. The van der Waals surface area contributed by atoms with Crippen molar-refractivity contribution in [3.8, 4) is 0 Å². The van der Waals surface area contributed by atoms with Crippen LogP contribution >= 0.6 is 0 Å². The Balaban J connectivity index is 1.97. The van der Waals surface area contributed by atoms with Crippen LogP contribution in [0.1, 0.15) is 57.8 Å². The van der Waals surface area contributed by atoms with Gasteiger partial charge in [0.15, 0.2) is 0 Å². The molecule has 4 heteroatoms. The van der Waals surface area contributed by atoms with Crippen LogP contribution in [0.15, 0.2) is 5.16 Å². The van der Waals surface area contributed by atoms with Crippen molar-refractivity contribution in [2.75, 3.05) is 6.54 Å². The smallest absolute Gasteiger partial charge is 0.139 e. The lowest BCUT2D eigenvalue weighted by Crippen LogP contribution is -2.29. The summed E-state index contributed by atoms with van der Waals surface area (Å²) in [6, 6.07) is 0.728. The molecule has 0 aliphatic heterocycles. The Morgan fingerprint density at radius 1 is 1.19 bits per heavy atom. The van der Waals surface area contributed by atoms with Gasteiger partial charge in [0.1, 0.15) is 5.84 Å². The highest BCUT2D eigenvalue weighted by Crippen LogP contribution is 2.17. The van der Waals surface area contributed by atoms with Crippen molar-refractivity contribution in [1.29, 1.82) is 0 Å². The maximum atomic E-state index is 8.37. The van der Waals surface area contributed by atoms with Gasteiger partial charge in [0.05, 0.1) is 0 Å². The van der Waals surface area contributed by atoms with E-state index in [4.69, 9.17) is 10.9 Å². The van der Waals surface area contributed by atoms with Crippen LogP contribution in [0, 0.1) is 0 Å². The minimum Gasteiger partial charge on any atom is -0.409 e. The third-order valence-corrected chi connectivity index (χ3v) is 3.28. The van der Waals surface area contributed by atoms with Crippen molar-refractivity contribution in [3.63, 3.8) is 0 Å². The second-order valence-corrected chi connectivity index (χ2v) is 4.69. The number of hydrogen-bond acceptors (Lipinski definition) is 3. The minimum atomic E-state index is 0.342. The normalized spacial score (nSPS) is 19.6. The lowest BCUT2D eigenvalue weighted by molar-refractivity contribution is 0.316. The molecular weight excluding hydrogens is 202 g/mol. The molecule has 1 fully saturated rings. The lowest BCUT2D eigenvalue weighted by Gasteiger charge is -2.15. The van der Waals surface area contributed by atoms with E-state index in [0.29, 0.717) is 12.3 Å². The summed E-state index contributed by atoms with van der Waals surface area (Å²) in [5, 5.41) is 14.9. The van der Waals surface area contributed by atoms with Crippen LogP contribution in [0.4, 0.5) is 0 Å². The van der Waals surface area contributed by atoms with Crippen LogP contribution in [0.3, 0.4) is 0 Å². The number of rotatable bonds is 6. The van der Waals surface area contributed by atoms with E-state index in [1.165, 1.54) is 38.5 Å². The van der Waals surface area contributed by atoms with E-state index in [-0.39, 0.29) is 0 Å². The van der Waals surface area contributed by atoms with Gasteiger partial charge in [0, 0.05) is 12.5 Å². The molecule has 16 heavy (non-hydrogen) atoms. The van der Waals surface area contributed by atoms with Crippen molar-refractivity contribution in [2.45, 2.75) is 63.8 Å². The van der Waals surface area contributed by atoms with Gasteiger partial charge in [-0.25, -0.2) is 0 Å². The van der Waals surface area contributed by atoms with Crippen LogP contribution in [-0.2, 0) is 0 Å². The Kier molecular flexibility index (Phi) is 6.97. The zero-order valence-electron chi connectivity index (χ0n) is 10.1. The van der Waals surface area contributed by atoms with Gasteiger partial charge in [-0.1, -0.05) is 30.8 Å². The molecule has 4 nitrogen and oxygen atoms in total. The lowest BCUT2D eigenvalue weighted by atomic mass is 10.1. The molecule has 0 amide bonds. The molecule has 0 atom stereocenters. The Labute approximate surface area is 98.3 Å². The molecule has 0 aromatic heterocycles. The topological polar surface area (TPSA) is 70.6 Å². The number of oxime groups is 1. The monoisotopic (exact) mass is 227 g/mol. The average molecular weight is 227 g/mol.